The summed E-state index contributed by atoms with van der Waals surface area (Å²) in [6.45, 7) is 16.1. The summed E-state index contributed by atoms with van der Waals surface area (Å²) in [6, 6.07) is 9.19. The van der Waals surface area contributed by atoms with E-state index in [-0.39, 0.29) is 11.3 Å². The van der Waals surface area contributed by atoms with E-state index in [0.29, 0.717) is 36.6 Å². The summed E-state index contributed by atoms with van der Waals surface area (Å²) < 4.78 is 5.65. The second kappa shape index (κ2) is 10.9. The number of hydrogen-bond acceptors (Lipinski definition) is 5. The normalized spacial score (nSPS) is 13.3. The fourth-order valence-electron chi connectivity index (χ4n) is 3.26. The molecular formula is C25H40N4O2. The number of hydrogen-bond donors (Lipinski definition) is 1. The molecule has 6 nitrogen and oxygen atoms in total. The first kappa shape index (κ1) is 25.1. The van der Waals surface area contributed by atoms with Gasteiger partial charge in [-0.3, -0.25) is 9.69 Å². The van der Waals surface area contributed by atoms with E-state index >= 15 is 0 Å². The zero-order valence-corrected chi connectivity index (χ0v) is 20.5. The van der Waals surface area contributed by atoms with Gasteiger partial charge in [0.15, 0.2) is 5.69 Å². The lowest BCUT2D eigenvalue weighted by Crippen LogP contribution is -2.36. The monoisotopic (exact) mass is 428 g/mol. The molecule has 1 unspecified atom stereocenters. The van der Waals surface area contributed by atoms with Crippen molar-refractivity contribution in [3.8, 4) is 0 Å². The highest BCUT2D eigenvalue weighted by Gasteiger charge is 2.22. The van der Waals surface area contributed by atoms with Crippen molar-refractivity contribution in [3.63, 3.8) is 0 Å². The smallest absolute Gasteiger partial charge is 0.273 e. The Morgan fingerprint density at radius 3 is 2.29 bits per heavy atom. The topological polar surface area (TPSA) is 61.6 Å². The van der Waals surface area contributed by atoms with Gasteiger partial charge in [-0.2, -0.15) is 0 Å². The molecule has 0 radical (unpaired) electrons. The molecule has 0 aliphatic carbocycles. The van der Waals surface area contributed by atoms with Crippen molar-refractivity contribution in [2.24, 2.45) is 5.92 Å². The van der Waals surface area contributed by atoms with Crippen molar-refractivity contribution in [2.75, 3.05) is 27.2 Å². The SMILES string of the molecule is CC(C)C(C)N(Cc1ccc(C(C)(C)C)cc1)Cc1nc(C(=O)NCCN(C)C)co1. The van der Waals surface area contributed by atoms with Gasteiger partial charge in [0.05, 0.1) is 6.54 Å². The Morgan fingerprint density at radius 2 is 1.74 bits per heavy atom. The van der Waals surface area contributed by atoms with Crippen LogP contribution in [0.4, 0.5) is 0 Å². The predicted molar refractivity (Wildman–Crippen MR) is 126 cm³/mol. The summed E-state index contributed by atoms with van der Waals surface area (Å²) in [7, 11) is 3.95. The Balaban J connectivity index is 2.08. The van der Waals surface area contributed by atoms with Gasteiger partial charge in [0.2, 0.25) is 5.89 Å². The minimum atomic E-state index is -0.196. The van der Waals surface area contributed by atoms with Crippen LogP contribution in [0, 0.1) is 5.92 Å². The van der Waals surface area contributed by atoms with Gasteiger partial charge in [0.25, 0.3) is 5.91 Å². The zero-order chi connectivity index (χ0) is 23.2. The fourth-order valence-corrected chi connectivity index (χ4v) is 3.26. The maximum Gasteiger partial charge on any atom is 0.273 e. The summed E-state index contributed by atoms with van der Waals surface area (Å²) in [4.78, 5) is 21.1. The van der Waals surface area contributed by atoms with Crippen molar-refractivity contribution in [2.45, 2.75) is 66.1 Å². The number of amides is 1. The standard InChI is InChI=1S/C25H40N4O2/c1-18(2)19(3)29(15-20-9-11-21(12-10-20)25(4,5)6)16-23-27-22(17-31-23)24(30)26-13-14-28(7)8/h9-12,17-19H,13-16H2,1-8H3,(H,26,30). The Morgan fingerprint density at radius 1 is 1.10 bits per heavy atom. The molecule has 0 saturated heterocycles. The molecule has 1 atom stereocenters. The van der Waals surface area contributed by atoms with E-state index in [1.807, 2.05) is 19.0 Å². The van der Waals surface area contributed by atoms with Gasteiger partial charge >= 0.3 is 0 Å². The molecule has 1 heterocycles. The third-order valence-corrected chi connectivity index (χ3v) is 5.71. The number of oxazole rings is 1. The molecule has 31 heavy (non-hydrogen) atoms. The van der Waals surface area contributed by atoms with Gasteiger partial charge < -0.3 is 14.6 Å². The molecule has 0 bridgehead atoms. The zero-order valence-electron chi connectivity index (χ0n) is 20.5. The average molecular weight is 429 g/mol. The molecule has 1 aromatic carbocycles. The first-order valence-corrected chi connectivity index (χ1v) is 11.2. The van der Waals surface area contributed by atoms with Crippen LogP contribution in [0.5, 0.6) is 0 Å². The van der Waals surface area contributed by atoms with E-state index in [1.54, 1.807) is 0 Å². The maximum atomic E-state index is 12.3. The molecule has 0 aliphatic rings. The van der Waals surface area contributed by atoms with Crippen LogP contribution >= 0.6 is 0 Å². The van der Waals surface area contributed by atoms with Crippen LogP contribution in [0.25, 0.3) is 0 Å². The van der Waals surface area contributed by atoms with Crippen LogP contribution < -0.4 is 5.32 Å². The number of rotatable bonds is 10. The molecule has 1 amide bonds. The highest BCUT2D eigenvalue weighted by molar-refractivity contribution is 5.91. The number of benzene rings is 1. The van der Waals surface area contributed by atoms with Crippen LogP contribution in [0.1, 0.15) is 69.0 Å². The maximum absolute atomic E-state index is 12.3. The predicted octanol–water partition coefficient (Wildman–Crippen LogP) is 4.31. The molecule has 0 spiro atoms. The van der Waals surface area contributed by atoms with Gasteiger partial charge in [-0.25, -0.2) is 4.98 Å². The van der Waals surface area contributed by atoms with Gasteiger partial charge in [0.1, 0.15) is 6.26 Å². The van der Waals surface area contributed by atoms with Gasteiger partial charge in [-0.05, 0) is 43.5 Å². The number of likely N-dealkylation sites (N-methyl/N-ethyl adjacent to an activating group) is 1. The Hall–Kier alpha value is -2.18. The Labute approximate surface area is 188 Å². The first-order chi connectivity index (χ1) is 14.5. The van der Waals surface area contributed by atoms with Gasteiger partial charge in [-0.15, -0.1) is 0 Å². The first-order valence-electron chi connectivity index (χ1n) is 11.2. The Bertz CT molecular complexity index is 819. The van der Waals surface area contributed by atoms with E-state index in [1.165, 1.54) is 17.4 Å². The van der Waals surface area contributed by atoms with Crippen LogP contribution in [-0.4, -0.2) is 53.9 Å². The summed E-state index contributed by atoms with van der Waals surface area (Å²) in [5.41, 5.74) is 3.07. The minimum absolute atomic E-state index is 0.144. The molecule has 2 aromatic rings. The highest BCUT2D eigenvalue weighted by Crippen LogP contribution is 2.24. The van der Waals surface area contributed by atoms with E-state index in [0.717, 1.165) is 13.1 Å². The largest absolute Gasteiger partial charge is 0.447 e. The molecule has 1 aromatic heterocycles. The molecule has 2 rings (SSSR count). The highest BCUT2D eigenvalue weighted by atomic mass is 16.3. The van der Waals surface area contributed by atoms with Crippen molar-refractivity contribution >= 4 is 5.91 Å². The lowest BCUT2D eigenvalue weighted by atomic mass is 9.86. The van der Waals surface area contributed by atoms with Crippen LogP contribution in [-0.2, 0) is 18.5 Å². The second-order valence-electron chi connectivity index (χ2n) is 10.0. The summed E-state index contributed by atoms with van der Waals surface area (Å²) >= 11 is 0. The minimum Gasteiger partial charge on any atom is -0.447 e. The third-order valence-electron chi connectivity index (χ3n) is 5.71. The van der Waals surface area contributed by atoms with Crippen molar-refractivity contribution in [1.82, 2.24) is 20.1 Å². The van der Waals surface area contributed by atoms with Crippen molar-refractivity contribution in [1.29, 1.82) is 0 Å². The molecule has 172 valence electrons. The average Bonchev–Trinajstić information content (AvgIpc) is 3.15. The van der Waals surface area contributed by atoms with Gasteiger partial charge in [-0.1, -0.05) is 58.9 Å². The second-order valence-corrected chi connectivity index (χ2v) is 10.0. The third kappa shape index (κ3) is 7.78. The fraction of sp³-hybridized carbons (Fsp3) is 0.600. The molecular weight excluding hydrogens is 388 g/mol. The molecule has 0 saturated carbocycles. The van der Waals surface area contributed by atoms with Crippen LogP contribution in [0.15, 0.2) is 34.9 Å². The molecule has 0 fully saturated rings. The van der Waals surface area contributed by atoms with Gasteiger partial charge in [0, 0.05) is 25.7 Å². The lowest BCUT2D eigenvalue weighted by Gasteiger charge is -2.31. The molecule has 6 heteroatoms. The lowest BCUT2D eigenvalue weighted by molar-refractivity contribution is 0.0945. The number of carbonyl (C=O) groups excluding carboxylic acids is 1. The van der Waals surface area contributed by atoms with E-state index < -0.39 is 0 Å². The number of aromatic nitrogens is 1. The summed E-state index contributed by atoms with van der Waals surface area (Å²) in [6.07, 6.45) is 1.46. The van der Waals surface area contributed by atoms with E-state index in [2.05, 4.69) is 81.0 Å². The van der Waals surface area contributed by atoms with Crippen molar-refractivity contribution in [3.05, 3.63) is 53.2 Å². The quantitative estimate of drug-likeness (QED) is 0.611. The Kier molecular flexibility index (Phi) is 8.83. The summed E-state index contributed by atoms with van der Waals surface area (Å²) in [5, 5.41) is 2.88. The van der Waals surface area contributed by atoms with Crippen LogP contribution in [0.3, 0.4) is 0 Å². The van der Waals surface area contributed by atoms with Crippen LogP contribution in [0.2, 0.25) is 0 Å². The number of nitrogens with zero attached hydrogens (tertiary/aromatic N) is 3. The molecule has 1 N–H and O–H groups in total. The van der Waals surface area contributed by atoms with Crippen molar-refractivity contribution < 1.29 is 9.21 Å². The number of carbonyl (C=O) groups is 1. The van der Waals surface area contributed by atoms with E-state index in [9.17, 15) is 4.79 Å². The number of nitrogens with one attached hydrogen (secondary N) is 1. The summed E-state index contributed by atoms with van der Waals surface area (Å²) in [5.74, 6) is 0.854. The molecule has 0 aliphatic heterocycles. The van der Waals surface area contributed by atoms with E-state index in [4.69, 9.17) is 4.42 Å².